The molecule has 1 aliphatic rings. The number of hydrogen-bond acceptors (Lipinski definition) is 4. The summed E-state index contributed by atoms with van der Waals surface area (Å²) >= 11 is 0. The number of allylic oxidation sites excluding steroid dienone is 4. The van der Waals surface area contributed by atoms with Gasteiger partial charge in [0.15, 0.2) is 0 Å². The summed E-state index contributed by atoms with van der Waals surface area (Å²) in [7, 11) is 0. The van der Waals surface area contributed by atoms with E-state index in [9.17, 15) is 9.59 Å². The zero-order valence-electron chi connectivity index (χ0n) is 13.7. The molecule has 0 aliphatic heterocycles. The summed E-state index contributed by atoms with van der Waals surface area (Å²) < 4.78 is 10.3. The van der Waals surface area contributed by atoms with E-state index in [1.165, 1.54) is 0 Å². The lowest BCUT2D eigenvalue weighted by molar-refractivity contribution is -0.146. The van der Waals surface area contributed by atoms with Gasteiger partial charge in [0.2, 0.25) is 0 Å². The quantitative estimate of drug-likeness (QED) is 0.841. The molecule has 0 spiro atoms. The predicted molar refractivity (Wildman–Crippen MR) is 90.9 cm³/mol. The summed E-state index contributed by atoms with van der Waals surface area (Å²) in [6.45, 7) is 6.04. The first-order valence-corrected chi connectivity index (χ1v) is 7.81. The summed E-state index contributed by atoms with van der Waals surface area (Å²) in [5.41, 5.74) is 2.01. The Morgan fingerprint density at radius 1 is 1.25 bits per heavy atom. The molecule has 0 fully saturated rings. The number of alkyl carbamates (subject to hydrolysis) is 1. The molecule has 0 radical (unpaired) electrons. The second kappa shape index (κ2) is 8.72. The molecule has 1 aromatic rings. The number of hydrogen-bond donors (Lipinski definition) is 1. The second-order valence-electron chi connectivity index (χ2n) is 5.30. The third-order valence-corrected chi connectivity index (χ3v) is 3.45. The fourth-order valence-electron chi connectivity index (χ4n) is 2.30. The maximum absolute atomic E-state index is 12.1. The van der Waals surface area contributed by atoms with E-state index in [1.807, 2.05) is 36.4 Å². The van der Waals surface area contributed by atoms with Crippen LogP contribution in [0.5, 0.6) is 0 Å². The molecule has 1 atom stereocenters. The molecular weight excluding hydrogens is 306 g/mol. The number of carbonyl (C=O) groups is 2. The monoisotopic (exact) mass is 327 g/mol. The van der Waals surface area contributed by atoms with Crippen LogP contribution in [-0.4, -0.2) is 18.7 Å². The van der Waals surface area contributed by atoms with Gasteiger partial charge in [-0.25, -0.2) is 4.79 Å². The maximum Gasteiger partial charge on any atom is 0.411 e. The first-order chi connectivity index (χ1) is 11.6. The molecule has 1 N–H and O–H groups in total. The van der Waals surface area contributed by atoms with E-state index in [2.05, 4.69) is 11.9 Å². The Morgan fingerprint density at radius 3 is 2.71 bits per heavy atom. The van der Waals surface area contributed by atoms with Crippen LogP contribution in [0.3, 0.4) is 0 Å². The summed E-state index contributed by atoms with van der Waals surface area (Å²) in [6.07, 6.45) is 5.12. The van der Waals surface area contributed by atoms with E-state index in [0.717, 1.165) is 5.56 Å². The van der Waals surface area contributed by atoms with E-state index in [1.54, 1.807) is 19.1 Å². The lowest BCUT2D eigenvalue weighted by Gasteiger charge is -2.17. The van der Waals surface area contributed by atoms with Crippen molar-refractivity contribution in [3.05, 3.63) is 72.0 Å². The molecule has 2 rings (SSSR count). The topological polar surface area (TPSA) is 64.6 Å². The molecule has 5 nitrogen and oxygen atoms in total. The predicted octanol–water partition coefficient (Wildman–Crippen LogP) is 3.49. The molecule has 0 saturated heterocycles. The van der Waals surface area contributed by atoms with Gasteiger partial charge in [0.1, 0.15) is 12.5 Å². The largest absolute Gasteiger partial charge is 0.465 e. The number of rotatable bonds is 5. The summed E-state index contributed by atoms with van der Waals surface area (Å²) in [4.78, 5) is 24.2. The number of esters is 1. The summed E-state index contributed by atoms with van der Waals surface area (Å²) in [5.74, 6) is -0.962. The molecule has 0 saturated carbocycles. The fourth-order valence-corrected chi connectivity index (χ4v) is 2.30. The molecule has 0 aromatic heterocycles. The Kier molecular flexibility index (Phi) is 6.37. The molecule has 1 unspecified atom stereocenters. The van der Waals surface area contributed by atoms with E-state index in [-0.39, 0.29) is 19.2 Å². The molecule has 0 bridgehead atoms. The van der Waals surface area contributed by atoms with Crippen LogP contribution in [0.4, 0.5) is 4.79 Å². The van der Waals surface area contributed by atoms with Crippen LogP contribution in [0.1, 0.15) is 18.9 Å². The Bertz CT molecular complexity index is 661. The Labute approximate surface area is 141 Å². The Balaban J connectivity index is 2.01. The number of nitrogens with one attached hydrogen (secondary N) is 1. The van der Waals surface area contributed by atoms with E-state index in [4.69, 9.17) is 9.47 Å². The van der Waals surface area contributed by atoms with Crippen molar-refractivity contribution in [2.45, 2.75) is 20.0 Å². The molecule has 126 valence electrons. The third kappa shape index (κ3) is 5.12. The van der Waals surface area contributed by atoms with Gasteiger partial charge in [-0.15, -0.1) is 0 Å². The van der Waals surface area contributed by atoms with Crippen molar-refractivity contribution in [2.24, 2.45) is 5.92 Å². The van der Waals surface area contributed by atoms with Gasteiger partial charge in [0.05, 0.1) is 6.61 Å². The molecule has 0 heterocycles. The van der Waals surface area contributed by atoms with Crippen molar-refractivity contribution in [3.63, 3.8) is 0 Å². The van der Waals surface area contributed by atoms with Crippen LogP contribution >= 0.6 is 0 Å². The SMILES string of the molecule is C=C1C=CCC(C(=O)OCC)C(NC(=O)OCc2ccccc2)=C1. The number of benzene rings is 1. The highest BCUT2D eigenvalue weighted by atomic mass is 16.5. The molecule has 24 heavy (non-hydrogen) atoms. The number of ether oxygens (including phenoxy) is 2. The standard InChI is InChI=1S/C19H21NO4/c1-3-23-18(21)16-11-7-8-14(2)12-17(16)20-19(22)24-13-15-9-5-4-6-10-15/h4-10,12,16H,2-3,11,13H2,1H3,(H,20,22). The number of amides is 1. The van der Waals surface area contributed by atoms with Gasteiger partial charge in [0.25, 0.3) is 0 Å². The van der Waals surface area contributed by atoms with Gasteiger partial charge in [0, 0.05) is 5.70 Å². The van der Waals surface area contributed by atoms with Crippen molar-refractivity contribution in [1.29, 1.82) is 0 Å². The highest BCUT2D eigenvalue weighted by Crippen LogP contribution is 2.22. The maximum atomic E-state index is 12.1. The van der Waals surface area contributed by atoms with Crippen molar-refractivity contribution >= 4 is 12.1 Å². The lowest BCUT2D eigenvalue weighted by atomic mass is 10.0. The normalized spacial score (nSPS) is 16.8. The van der Waals surface area contributed by atoms with Gasteiger partial charge in [-0.1, -0.05) is 49.1 Å². The third-order valence-electron chi connectivity index (χ3n) is 3.45. The van der Waals surface area contributed by atoms with Crippen LogP contribution < -0.4 is 5.32 Å². The average molecular weight is 327 g/mol. The van der Waals surface area contributed by atoms with Gasteiger partial charge >= 0.3 is 12.1 Å². The number of carbonyl (C=O) groups excluding carboxylic acids is 2. The molecule has 1 aliphatic carbocycles. The van der Waals surface area contributed by atoms with Crippen LogP contribution in [0.25, 0.3) is 0 Å². The molecule has 1 aromatic carbocycles. The second-order valence-corrected chi connectivity index (χ2v) is 5.30. The van der Waals surface area contributed by atoms with Crippen molar-refractivity contribution in [1.82, 2.24) is 5.32 Å². The van der Waals surface area contributed by atoms with Gasteiger partial charge in [-0.05, 0) is 30.6 Å². The summed E-state index contributed by atoms with van der Waals surface area (Å²) in [5, 5.41) is 2.65. The minimum Gasteiger partial charge on any atom is -0.465 e. The average Bonchev–Trinajstić information content (AvgIpc) is 2.75. The molecule has 1 amide bonds. The van der Waals surface area contributed by atoms with Crippen molar-refractivity contribution < 1.29 is 19.1 Å². The first-order valence-electron chi connectivity index (χ1n) is 7.81. The highest BCUT2D eigenvalue weighted by Gasteiger charge is 2.26. The molecule has 5 heteroatoms. The van der Waals surface area contributed by atoms with Crippen LogP contribution in [-0.2, 0) is 20.9 Å². The minimum absolute atomic E-state index is 0.156. The van der Waals surface area contributed by atoms with E-state index in [0.29, 0.717) is 17.7 Å². The van der Waals surface area contributed by atoms with Gasteiger partial charge in [-0.3, -0.25) is 10.1 Å². The first kappa shape index (κ1) is 17.5. The van der Waals surface area contributed by atoms with Gasteiger partial charge < -0.3 is 9.47 Å². The minimum atomic E-state index is -0.617. The van der Waals surface area contributed by atoms with Crippen molar-refractivity contribution in [2.75, 3.05) is 6.61 Å². The van der Waals surface area contributed by atoms with Crippen LogP contribution in [0, 0.1) is 5.92 Å². The summed E-state index contributed by atoms with van der Waals surface area (Å²) in [6, 6.07) is 9.37. The molecular formula is C19H21NO4. The fraction of sp³-hybridized carbons (Fsp3) is 0.263. The Morgan fingerprint density at radius 2 is 2.00 bits per heavy atom. The Hall–Kier alpha value is -2.82. The van der Waals surface area contributed by atoms with E-state index >= 15 is 0 Å². The van der Waals surface area contributed by atoms with Gasteiger partial charge in [-0.2, -0.15) is 0 Å². The van der Waals surface area contributed by atoms with Crippen molar-refractivity contribution in [3.8, 4) is 0 Å². The van der Waals surface area contributed by atoms with Crippen LogP contribution in [0.15, 0.2) is 66.4 Å². The smallest absolute Gasteiger partial charge is 0.411 e. The zero-order valence-corrected chi connectivity index (χ0v) is 13.7. The van der Waals surface area contributed by atoms with Crippen LogP contribution in [0.2, 0.25) is 0 Å². The van der Waals surface area contributed by atoms with E-state index < -0.39 is 12.0 Å². The zero-order chi connectivity index (χ0) is 17.4. The highest BCUT2D eigenvalue weighted by molar-refractivity contribution is 5.79. The lowest BCUT2D eigenvalue weighted by Crippen LogP contribution is -2.32.